The fraction of sp³-hybridized carbons (Fsp3) is 0.355. The maximum atomic E-state index is 13.6. The predicted octanol–water partition coefficient (Wildman–Crippen LogP) is 4.93. The number of carbonyl (C=O) groups excluding carboxylic acids is 2. The minimum Gasteiger partial charge on any atom is -0.340 e. The molecule has 36 heavy (non-hydrogen) atoms. The quantitative estimate of drug-likeness (QED) is 0.519. The standard InChI is InChI=1S/C31H35N3O2/c1-24-9-8-14-27(21-24)29-16-15-28(23-34(29)31(36)26-12-6-3-7-13-26)30(35)33-19-17-32(18-20-33)22-25-10-4-2-5-11-25/h2-14,21,28-29H,15-20,22-23H2,1H3. The summed E-state index contributed by atoms with van der Waals surface area (Å²) in [5.41, 5.74) is 4.32. The summed E-state index contributed by atoms with van der Waals surface area (Å²) in [6.45, 7) is 6.72. The average molecular weight is 482 g/mol. The number of amides is 2. The number of benzene rings is 3. The van der Waals surface area contributed by atoms with Gasteiger partial charge in [0.25, 0.3) is 5.91 Å². The summed E-state index contributed by atoms with van der Waals surface area (Å²) in [7, 11) is 0. The van der Waals surface area contributed by atoms with E-state index in [0.29, 0.717) is 12.1 Å². The van der Waals surface area contributed by atoms with Crippen LogP contribution in [0.2, 0.25) is 0 Å². The normalized spacial score (nSPS) is 20.8. The lowest BCUT2D eigenvalue weighted by atomic mass is 9.87. The van der Waals surface area contributed by atoms with E-state index in [1.807, 2.05) is 46.2 Å². The molecule has 186 valence electrons. The monoisotopic (exact) mass is 481 g/mol. The lowest BCUT2D eigenvalue weighted by Gasteiger charge is -2.42. The van der Waals surface area contributed by atoms with Crippen molar-refractivity contribution in [2.45, 2.75) is 32.4 Å². The van der Waals surface area contributed by atoms with Gasteiger partial charge < -0.3 is 9.80 Å². The van der Waals surface area contributed by atoms with E-state index >= 15 is 0 Å². The minimum absolute atomic E-state index is 0.00675. The van der Waals surface area contributed by atoms with Gasteiger partial charge >= 0.3 is 0 Å². The Balaban J connectivity index is 1.27. The van der Waals surface area contributed by atoms with Gasteiger partial charge in [-0.1, -0.05) is 78.4 Å². The Morgan fingerprint density at radius 1 is 0.806 bits per heavy atom. The number of aryl methyl sites for hydroxylation is 1. The van der Waals surface area contributed by atoms with Crippen molar-refractivity contribution in [2.75, 3.05) is 32.7 Å². The highest BCUT2D eigenvalue weighted by Crippen LogP contribution is 2.35. The highest BCUT2D eigenvalue weighted by atomic mass is 16.2. The molecule has 2 amide bonds. The molecule has 0 aliphatic carbocycles. The van der Waals surface area contributed by atoms with Crippen LogP contribution in [0.5, 0.6) is 0 Å². The number of piperazine rings is 1. The molecule has 0 spiro atoms. The van der Waals surface area contributed by atoms with Crippen LogP contribution in [0, 0.1) is 12.8 Å². The Bertz CT molecular complexity index is 1170. The molecule has 2 heterocycles. The van der Waals surface area contributed by atoms with Crippen LogP contribution in [0.3, 0.4) is 0 Å². The zero-order valence-electron chi connectivity index (χ0n) is 21.1. The van der Waals surface area contributed by atoms with E-state index in [2.05, 4.69) is 60.4 Å². The molecule has 2 aliphatic rings. The zero-order chi connectivity index (χ0) is 24.9. The molecule has 2 aliphatic heterocycles. The van der Waals surface area contributed by atoms with Gasteiger partial charge in [0, 0.05) is 44.8 Å². The van der Waals surface area contributed by atoms with Crippen LogP contribution in [0.1, 0.15) is 45.9 Å². The SMILES string of the molecule is Cc1cccc(C2CCC(C(=O)N3CCN(Cc4ccccc4)CC3)CN2C(=O)c2ccccc2)c1. The molecular formula is C31H35N3O2. The molecule has 2 unspecified atom stereocenters. The van der Waals surface area contributed by atoms with Gasteiger partial charge in [0.1, 0.15) is 0 Å². The molecule has 0 saturated carbocycles. The van der Waals surface area contributed by atoms with Gasteiger partial charge in [-0.15, -0.1) is 0 Å². The van der Waals surface area contributed by atoms with Crippen molar-refractivity contribution in [3.05, 3.63) is 107 Å². The zero-order valence-corrected chi connectivity index (χ0v) is 21.1. The lowest BCUT2D eigenvalue weighted by molar-refractivity contribution is -0.139. The second-order valence-corrected chi connectivity index (χ2v) is 10.1. The van der Waals surface area contributed by atoms with Crippen molar-refractivity contribution in [1.82, 2.24) is 14.7 Å². The van der Waals surface area contributed by atoms with Crippen molar-refractivity contribution in [3.8, 4) is 0 Å². The Morgan fingerprint density at radius 2 is 1.50 bits per heavy atom. The summed E-state index contributed by atoms with van der Waals surface area (Å²) < 4.78 is 0. The van der Waals surface area contributed by atoms with Gasteiger partial charge in [0.15, 0.2) is 0 Å². The van der Waals surface area contributed by atoms with E-state index in [-0.39, 0.29) is 23.8 Å². The molecule has 5 nitrogen and oxygen atoms in total. The van der Waals surface area contributed by atoms with Crippen molar-refractivity contribution >= 4 is 11.8 Å². The van der Waals surface area contributed by atoms with Crippen LogP contribution in [-0.2, 0) is 11.3 Å². The minimum atomic E-state index is -0.153. The molecule has 0 radical (unpaired) electrons. The maximum absolute atomic E-state index is 13.6. The molecular weight excluding hydrogens is 446 g/mol. The Morgan fingerprint density at radius 3 is 2.19 bits per heavy atom. The molecule has 3 aromatic carbocycles. The molecule has 5 rings (SSSR count). The fourth-order valence-electron chi connectivity index (χ4n) is 5.59. The van der Waals surface area contributed by atoms with Gasteiger partial charge in [-0.2, -0.15) is 0 Å². The van der Waals surface area contributed by atoms with Gasteiger partial charge in [0.05, 0.1) is 12.0 Å². The lowest BCUT2D eigenvalue weighted by Crippen LogP contribution is -2.53. The van der Waals surface area contributed by atoms with E-state index in [1.54, 1.807) is 0 Å². The van der Waals surface area contributed by atoms with Crippen molar-refractivity contribution < 1.29 is 9.59 Å². The molecule has 5 heteroatoms. The first-order chi connectivity index (χ1) is 17.6. The second kappa shape index (κ2) is 11.1. The van der Waals surface area contributed by atoms with E-state index in [1.165, 1.54) is 11.1 Å². The number of rotatable bonds is 5. The van der Waals surface area contributed by atoms with Gasteiger partial charge in [-0.05, 0) is 43.0 Å². The summed E-state index contributed by atoms with van der Waals surface area (Å²) >= 11 is 0. The van der Waals surface area contributed by atoms with Crippen LogP contribution in [0.15, 0.2) is 84.9 Å². The molecule has 0 N–H and O–H groups in total. The smallest absolute Gasteiger partial charge is 0.254 e. The Labute approximate surface area is 214 Å². The summed E-state index contributed by atoms with van der Waals surface area (Å²) in [6.07, 6.45) is 1.60. The first-order valence-electron chi connectivity index (χ1n) is 13.1. The maximum Gasteiger partial charge on any atom is 0.254 e. The van der Waals surface area contributed by atoms with Gasteiger partial charge in [-0.3, -0.25) is 14.5 Å². The summed E-state index contributed by atoms with van der Waals surface area (Å²) in [4.78, 5) is 33.6. The first-order valence-corrected chi connectivity index (χ1v) is 13.1. The van der Waals surface area contributed by atoms with E-state index < -0.39 is 0 Å². The fourth-order valence-corrected chi connectivity index (χ4v) is 5.59. The first kappa shape index (κ1) is 24.3. The highest BCUT2D eigenvalue weighted by molar-refractivity contribution is 5.95. The molecule has 2 fully saturated rings. The van der Waals surface area contributed by atoms with Crippen molar-refractivity contribution in [3.63, 3.8) is 0 Å². The van der Waals surface area contributed by atoms with Crippen molar-refractivity contribution in [1.29, 1.82) is 0 Å². The third kappa shape index (κ3) is 5.52. The third-order valence-electron chi connectivity index (χ3n) is 7.57. The molecule has 0 aromatic heterocycles. The highest BCUT2D eigenvalue weighted by Gasteiger charge is 2.38. The number of piperidine rings is 1. The number of nitrogens with zero attached hydrogens (tertiary/aromatic N) is 3. The van der Waals surface area contributed by atoms with E-state index in [4.69, 9.17) is 0 Å². The largest absolute Gasteiger partial charge is 0.340 e. The van der Waals surface area contributed by atoms with Crippen LogP contribution < -0.4 is 0 Å². The van der Waals surface area contributed by atoms with E-state index in [0.717, 1.165) is 51.1 Å². The number of hydrogen-bond acceptors (Lipinski definition) is 3. The predicted molar refractivity (Wildman–Crippen MR) is 142 cm³/mol. The van der Waals surface area contributed by atoms with Crippen LogP contribution in [0.4, 0.5) is 0 Å². The summed E-state index contributed by atoms with van der Waals surface area (Å²) in [6, 6.07) is 28.4. The van der Waals surface area contributed by atoms with Crippen LogP contribution in [0.25, 0.3) is 0 Å². The Hall–Kier alpha value is -3.44. The van der Waals surface area contributed by atoms with Gasteiger partial charge in [0.2, 0.25) is 5.91 Å². The number of carbonyl (C=O) groups is 2. The topological polar surface area (TPSA) is 43.9 Å². The third-order valence-corrected chi connectivity index (χ3v) is 7.57. The molecule has 0 bridgehead atoms. The Kier molecular flexibility index (Phi) is 7.47. The second-order valence-electron chi connectivity index (χ2n) is 10.1. The number of likely N-dealkylation sites (tertiary alicyclic amines) is 1. The number of hydrogen-bond donors (Lipinski definition) is 0. The molecule has 3 aromatic rings. The molecule has 2 atom stereocenters. The average Bonchev–Trinajstić information content (AvgIpc) is 2.93. The summed E-state index contributed by atoms with van der Waals surface area (Å²) in [5.74, 6) is 0.0506. The van der Waals surface area contributed by atoms with Crippen LogP contribution in [-0.4, -0.2) is 59.2 Å². The van der Waals surface area contributed by atoms with Crippen molar-refractivity contribution in [2.24, 2.45) is 5.92 Å². The van der Waals surface area contributed by atoms with Crippen LogP contribution >= 0.6 is 0 Å². The molecule has 2 saturated heterocycles. The summed E-state index contributed by atoms with van der Waals surface area (Å²) in [5, 5.41) is 0. The van der Waals surface area contributed by atoms with Gasteiger partial charge in [-0.25, -0.2) is 0 Å². The van der Waals surface area contributed by atoms with E-state index in [9.17, 15) is 9.59 Å².